The van der Waals surface area contributed by atoms with E-state index >= 15 is 0 Å². The summed E-state index contributed by atoms with van der Waals surface area (Å²) >= 11 is 0. The molecule has 0 saturated heterocycles. The molecule has 0 unspecified atom stereocenters. The highest BCUT2D eigenvalue weighted by molar-refractivity contribution is 6.05. The minimum atomic E-state index is -0.636. The lowest BCUT2D eigenvalue weighted by Gasteiger charge is -1.99. The second-order valence-corrected chi connectivity index (χ2v) is 2.98. The summed E-state index contributed by atoms with van der Waals surface area (Å²) in [6.45, 7) is 0. The van der Waals surface area contributed by atoms with Gasteiger partial charge in [0.1, 0.15) is 6.42 Å². The summed E-state index contributed by atoms with van der Waals surface area (Å²) in [6, 6.07) is 5.04. The molecule has 6 heteroatoms. The summed E-state index contributed by atoms with van der Waals surface area (Å²) < 4.78 is 4.34. The third-order valence-corrected chi connectivity index (χ3v) is 1.93. The minimum absolute atomic E-state index is 0.102. The Bertz CT molecular complexity index is 423. The van der Waals surface area contributed by atoms with Gasteiger partial charge in [0.15, 0.2) is 5.78 Å². The number of non-ortho nitro benzene ring substituents is 1. The van der Waals surface area contributed by atoms with Gasteiger partial charge in [0, 0.05) is 17.7 Å². The standard InChI is InChI=1S/C10H9NO5/c1-16-10(13)6-9(12)7-2-4-8(5-3-7)11(14)15/h2-5H,6H2,1H3. The van der Waals surface area contributed by atoms with Crippen LogP contribution in [0.3, 0.4) is 0 Å². The number of hydrogen-bond donors (Lipinski definition) is 0. The normalized spacial score (nSPS) is 9.56. The summed E-state index contributed by atoms with van der Waals surface area (Å²) in [4.78, 5) is 32.0. The first-order valence-electron chi connectivity index (χ1n) is 4.39. The Morgan fingerprint density at radius 2 is 1.88 bits per heavy atom. The van der Waals surface area contributed by atoms with Crippen LogP contribution < -0.4 is 0 Å². The highest BCUT2D eigenvalue weighted by Crippen LogP contribution is 2.13. The van der Waals surface area contributed by atoms with Gasteiger partial charge < -0.3 is 4.74 Å². The Morgan fingerprint density at radius 3 is 2.31 bits per heavy atom. The first kappa shape index (κ1) is 11.8. The van der Waals surface area contributed by atoms with Crippen LogP contribution in [0.4, 0.5) is 5.69 Å². The molecule has 1 rings (SSSR count). The Kier molecular flexibility index (Phi) is 3.71. The number of ether oxygens (including phenoxy) is 1. The molecular formula is C10H9NO5. The molecular weight excluding hydrogens is 214 g/mol. The van der Waals surface area contributed by atoms with E-state index in [4.69, 9.17) is 0 Å². The second-order valence-electron chi connectivity index (χ2n) is 2.98. The predicted octanol–water partition coefficient (Wildman–Crippen LogP) is 1.34. The molecule has 1 aromatic carbocycles. The van der Waals surface area contributed by atoms with E-state index in [1.165, 1.54) is 31.4 Å². The fourth-order valence-corrected chi connectivity index (χ4v) is 1.07. The Hall–Kier alpha value is -2.24. The zero-order valence-corrected chi connectivity index (χ0v) is 8.50. The zero-order chi connectivity index (χ0) is 12.1. The number of carbonyl (C=O) groups is 2. The van der Waals surface area contributed by atoms with Crippen molar-refractivity contribution in [1.29, 1.82) is 0 Å². The van der Waals surface area contributed by atoms with Crippen LogP contribution in [0, 0.1) is 10.1 Å². The van der Waals surface area contributed by atoms with Gasteiger partial charge in [-0.1, -0.05) is 0 Å². The zero-order valence-electron chi connectivity index (χ0n) is 8.50. The molecule has 0 aliphatic heterocycles. The van der Waals surface area contributed by atoms with Crippen LogP contribution >= 0.6 is 0 Å². The van der Waals surface area contributed by atoms with Crippen LogP contribution in [0.2, 0.25) is 0 Å². The van der Waals surface area contributed by atoms with Crippen molar-refractivity contribution in [3.05, 3.63) is 39.9 Å². The van der Waals surface area contributed by atoms with E-state index in [0.717, 1.165) is 0 Å². The smallest absolute Gasteiger partial charge is 0.313 e. The highest BCUT2D eigenvalue weighted by Gasteiger charge is 2.13. The fraction of sp³-hybridized carbons (Fsp3) is 0.200. The van der Waals surface area contributed by atoms with E-state index < -0.39 is 16.7 Å². The second kappa shape index (κ2) is 5.01. The largest absolute Gasteiger partial charge is 0.469 e. The third kappa shape index (κ3) is 2.88. The molecule has 0 aliphatic rings. The van der Waals surface area contributed by atoms with Crippen LogP contribution in [0.1, 0.15) is 16.8 Å². The monoisotopic (exact) mass is 223 g/mol. The van der Waals surface area contributed by atoms with Gasteiger partial charge in [-0.2, -0.15) is 0 Å². The van der Waals surface area contributed by atoms with Crippen molar-refractivity contribution in [2.24, 2.45) is 0 Å². The summed E-state index contributed by atoms with van der Waals surface area (Å²) in [6.07, 6.45) is -0.367. The summed E-state index contributed by atoms with van der Waals surface area (Å²) in [5.41, 5.74) is 0.144. The molecule has 0 aromatic heterocycles. The summed E-state index contributed by atoms with van der Waals surface area (Å²) in [7, 11) is 1.19. The maximum absolute atomic E-state index is 11.4. The van der Waals surface area contributed by atoms with Crippen LogP contribution in [0.5, 0.6) is 0 Å². The Morgan fingerprint density at radius 1 is 1.31 bits per heavy atom. The first-order chi connectivity index (χ1) is 7.54. The maximum atomic E-state index is 11.4. The van der Waals surface area contributed by atoms with Gasteiger partial charge >= 0.3 is 5.97 Å². The van der Waals surface area contributed by atoms with E-state index in [1.54, 1.807) is 0 Å². The van der Waals surface area contributed by atoms with Crippen molar-refractivity contribution in [1.82, 2.24) is 0 Å². The third-order valence-electron chi connectivity index (χ3n) is 1.93. The molecule has 6 nitrogen and oxygen atoms in total. The number of benzene rings is 1. The van der Waals surface area contributed by atoms with E-state index in [1.807, 2.05) is 0 Å². The lowest BCUT2D eigenvalue weighted by atomic mass is 10.1. The van der Waals surface area contributed by atoms with Crippen molar-refractivity contribution < 1.29 is 19.2 Å². The lowest BCUT2D eigenvalue weighted by Crippen LogP contribution is -2.09. The van der Waals surface area contributed by atoms with Crippen LogP contribution in [0.15, 0.2) is 24.3 Å². The molecule has 0 amide bonds. The molecule has 0 saturated carbocycles. The Balaban J connectivity index is 2.78. The summed E-state index contributed by atoms with van der Waals surface area (Å²) in [5.74, 6) is -1.06. The average molecular weight is 223 g/mol. The highest BCUT2D eigenvalue weighted by atomic mass is 16.6. The molecule has 0 N–H and O–H groups in total. The number of hydrogen-bond acceptors (Lipinski definition) is 5. The van der Waals surface area contributed by atoms with E-state index in [9.17, 15) is 19.7 Å². The van der Waals surface area contributed by atoms with Crippen LogP contribution in [-0.4, -0.2) is 23.8 Å². The van der Waals surface area contributed by atoms with Gasteiger partial charge in [-0.15, -0.1) is 0 Å². The molecule has 0 fully saturated rings. The van der Waals surface area contributed by atoms with Gasteiger partial charge in [0.2, 0.25) is 0 Å². The predicted molar refractivity (Wildman–Crippen MR) is 54.1 cm³/mol. The topological polar surface area (TPSA) is 86.5 Å². The van der Waals surface area contributed by atoms with Crippen molar-refractivity contribution >= 4 is 17.4 Å². The van der Waals surface area contributed by atoms with Crippen LogP contribution in [-0.2, 0) is 9.53 Å². The van der Waals surface area contributed by atoms with E-state index in [2.05, 4.69) is 4.74 Å². The molecule has 0 atom stereocenters. The molecule has 0 bridgehead atoms. The number of esters is 1. The number of methoxy groups -OCH3 is 1. The number of nitrogens with zero attached hydrogens (tertiary/aromatic N) is 1. The van der Waals surface area contributed by atoms with E-state index in [0.29, 0.717) is 0 Å². The van der Waals surface area contributed by atoms with Gasteiger partial charge in [-0.05, 0) is 12.1 Å². The molecule has 84 valence electrons. The van der Waals surface area contributed by atoms with Crippen molar-refractivity contribution in [2.45, 2.75) is 6.42 Å². The maximum Gasteiger partial charge on any atom is 0.313 e. The number of nitro benzene ring substituents is 1. The van der Waals surface area contributed by atoms with Gasteiger partial charge in [0.05, 0.1) is 12.0 Å². The number of ketones is 1. The molecule has 0 spiro atoms. The summed E-state index contributed by atoms with van der Waals surface area (Å²) in [5, 5.41) is 10.4. The minimum Gasteiger partial charge on any atom is -0.469 e. The number of nitro groups is 1. The average Bonchev–Trinajstić information content (AvgIpc) is 2.28. The van der Waals surface area contributed by atoms with E-state index in [-0.39, 0.29) is 17.7 Å². The molecule has 1 aromatic rings. The van der Waals surface area contributed by atoms with Gasteiger partial charge in [-0.3, -0.25) is 19.7 Å². The Labute approximate surface area is 91.0 Å². The van der Waals surface area contributed by atoms with Gasteiger partial charge in [-0.25, -0.2) is 0 Å². The number of carbonyl (C=O) groups excluding carboxylic acids is 2. The number of rotatable bonds is 4. The first-order valence-corrected chi connectivity index (χ1v) is 4.39. The van der Waals surface area contributed by atoms with Crippen molar-refractivity contribution in [3.8, 4) is 0 Å². The van der Waals surface area contributed by atoms with Crippen molar-refractivity contribution in [2.75, 3.05) is 7.11 Å². The van der Waals surface area contributed by atoms with Gasteiger partial charge in [0.25, 0.3) is 5.69 Å². The molecule has 0 aliphatic carbocycles. The molecule has 16 heavy (non-hydrogen) atoms. The SMILES string of the molecule is COC(=O)CC(=O)c1ccc([N+](=O)[O-])cc1. The molecule has 0 radical (unpaired) electrons. The molecule has 0 heterocycles. The number of Topliss-reactive ketones (excluding diaryl/α,β-unsaturated/α-hetero) is 1. The lowest BCUT2D eigenvalue weighted by molar-refractivity contribution is -0.384. The quantitative estimate of drug-likeness (QED) is 0.253. The fourth-order valence-electron chi connectivity index (χ4n) is 1.07. The van der Waals surface area contributed by atoms with Crippen LogP contribution in [0.25, 0.3) is 0 Å². The van der Waals surface area contributed by atoms with Crippen molar-refractivity contribution in [3.63, 3.8) is 0 Å².